The molecule has 0 aromatic carbocycles. The van der Waals surface area contributed by atoms with E-state index in [1.807, 2.05) is 13.8 Å². The molecule has 0 saturated carbocycles. The lowest BCUT2D eigenvalue weighted by Gasteiger charge is -2.35. The molecule has 3 unspecified atom stereocenters. The van der Waals surface area contributed by atoms with E-state index in [0.29, 0.717) is 0 Å². The van der Waals surface area contributed by atoms with Gasteiger partial charge in [0.2, 0.25) is 0 Å². The molecule has 1 saturated heterocycles. The van der Waals surface area contributed by atoms with Crippen molar-refractivity contribution in [1.82, 2.24) is 10.6 Å². The van der Waals surface area contributed by atoms with Crippen LogP contribution in [0.4, 0.5) is 8.78 Å². The number of alkyl halides is 2. The van der Waals surface area contributed by atoms with Crippen LogP contribution < -0.4 is 10.6 Å². The molecule has 1 rings (SSSR count). The molecular formula is C9H16F2N2O. The summed E-state index contributed by atoms with van der Waals surface area (Å²) in [6.07, 6.45) is -2.02. The first-order valence-electron chi connectivity index (χ1n) is 4.84. The van der Waals surface area contributed by atoms with Gasteiger partial charge in [0.15, 0.2) is 0 Å². The van der Waals surface area contributed by atoms with E-state index in [-0.39, 0.29) is 18.0 Å². The fourth-order valence-electron chi connectivity index (χ4n) is 1.83. The summed E-state index contributed by atoms with van der Waals surface area (Å²) in [5.41, 5.74) is 0. The van der Waals surface area contributed by atoms with Gasteiger partial charge in [-0.1, -0.05) is 6.92 Å². The van der Waals surface area contributed by atoms with Gasteiger partial charge in [0.05, 0.1) is 0 Å². The Morgan fingerprint density at radius 2 is 2.14 bits per heavy atom. The highest BCUT2D eigenvalue weighted by molar-refractivity contribution is 5.79. The van der Waals surface area contributed by atoms with Crippen LogP contribution in [0.1, 0.15) is 20.3 Å². The maximum absolute atomic E-state index is 12.0. The fourth-order valence-corrected chi connectivity index (χ4v) is 1.83. The molecule has 0 aromatic heterocycles. The van der Waals surface area contributed by atoms with Gasteiger partial charge in [-0.25, -0.2) is 0 Å². The Kier molecular flexibility index (Phi) is 3.80. The van der Waals surface area contributed by atoms with Crippen molar-refractivity contribution < 1.29 is 13.6 Å². The van der Waals surface area contributed by atoms with Gasteiger partial charge in [-0.2, -0.15) is 8.78 Å². The normalized spacial score (nSPS) is 33.1. The number of carbonyl (C=O) groups excluding carboxylic acids is 1. The third-order valence-corrected chi connectivity index (χ3v) is 2.72. The fraction of sp³-hybridized carbons (Fsp3) is 0.889. The van der Waals surface area contributed by atoms with E-state index in [9.17, 15) is 13.6 Å². The highest BCUT2D eigenvalue weighted by Crippen LogP contribution is 2.16. The van der Waals surface area contributed by atoms with Gasteiger partial charge in [0.1, 0.15) is 0 Å². The molecule has 2 N–H and O–H groups in total. The van der Waals surface area contributed by atoms with Crippen molar-refractivity contribution >= 4 is 5.91 Å². The molecule has 5 heteroatoms. The molecule has 0 aliphatic carbocycles. The zero-order valence-electron chi connectivity index (χ0n) is 8.39. The van der Waals surface area contributed by atoms with Crippen LogP contribution in [0.25, 0.3) is 0 Å². The molecule has 1 fully saturated rings. The largest absolute Gasteiger partial charge is 0.347 e. The number of halogens is 2. The van der Waals surface area contributed by atoms with Crippen molar-refractivity contribution in [3.63, 3.8) is 0 Å². The number of amides is 1. The molecule has 0 bridgehead atoms. The van der Waals surface area contributed by atoms with Crippen LogP contribution in [-0.2, 0) is 4.79 Å². The molecule has 82 valence electrons. The Morgan fingerprint density at radius 1 is 1.50 bits per heavy atom. The molecule has 1 aliphatic heterocycles. The highest BCUT2D eigenvalue weighted by atomic mass is 19.3. The van der Waals surface area contributed by atoms with E-state index < -0.39 is 12.3 Å². The van der Waals surface area contributed by atoms with Crippen molar-refractivity contribution in [2.24, 2.45) is 5.92 Å². The molecule has 1 amide bonds. The lowest BCUT2D eigenvalue weighted by molar-refractivity contribution is -0.133. The molecule has 3 nitrogen and oxygen atoms in total. The average molecular weight is 206 g/mol. The minimum absolute atomic E-state index is 0.0569. The van der Waals surface area contributed by atoms with Gasteiger partial charge >= 0.3 is 6.43 Å². The number of rotatable bonds is 2. The number of nitrogens with one attached hydrogen (secondary N) is 2. The van der Waals surface area contributed by atoms with Crippen LogP contribution in [0.5, 0.6) is 0 Å². The molecule has 14 heavy (non-hydrogen) atoms. The third-order valence-electron chi connectivity index (χ3n) is 2.72. The quantitative estimate of drug-likeness (QED) is 0.700. The first-order valence-corrected chi connectivity index (χ1v) is 4.84. The second-order valence-corrected chi connectivity index (χ2v) is 3.84. The third kappa shape index (κ3) is 2.64. The lowest BCUT2D eigenvalue weighted by atomic mass is 9.89. The van der Waals surface area contributed by atoms with E-state index >= 15 is 0 Å². The summed E-state index contributed by atoms with van der Waals surface area (Å²) in [4.78, 5) is 10.8. The second-order valence-electron chi connectivity index (χ2n) is 3.84. The van der Waals surface area contributed by atoms with Gasteiger partial charge < -0.3 is 10.6 Å². The smallest absolute Gasteiger partial charge is 0.315 e. The topological polar surface area (TPSA) is 41.1 Å². The standard InChI is InChI=1S/C9H16F2N2O/c1-5-3-4-12-6(2)7(5)13-9(14)8(10)11/h5-8,12H,3-4H2,1-2H3,(H,13,14). The Morgan fingerprint density at radius 3 is 2.64 bits per heavy atom. The van der Waals surface area contributed by atoms with E-state index in [1.165, 1.54) is 0 Å². The van der Waals surface area contributed by atoms with Crippen LogP contribution in [0, 0.1) is 5.92 Å². The minimum atomic E-state index is -2.92. The molecule has 1 heterocycles. The molecule has 1 aliphatic rings. The Bertz CT molecular complexity index is 201. The van der Waals surface area contributed by atoms with Crippen LogP contribution in [0.2, 0.25) is 0 Å². The summed E-state index contributed by atoms with van der Waals surface area (Å²) in [6.45, 7) is 4.74. The molecule has 0 aromatic rings. The molecule has 3 atom stereocenters. The zero-order chi connectivity index (χ0) is 10.7. The Balaban J connectivity index is 2.52. The summed E-state index contributed by atoms with van der Waals surface area (Å²) >= 11 is 0. The highest BCUT2D eigenvalue weighted by Gasteiger charge is 2.30. The van der Waals surface area contributed by atoms with E-state index in [4.69, 9.17) is 0 Å². The summed E-state index contributed by atoms with van der Waals surface area (Å²) in [5, 5.41) is 5.51. The maximum Gasteiger partial charge on any atom is 0.315 e. The van der Waals surface area contributed by atoms with E-state index in [2.05, 4.69) is 10.6 Å². The zero-order valence-corrected chi connectivity index (χ0v) is 8.39. The number of hydrogen-bond donors (Lipinski definition) is 2. The summed E-state index contributed by atoms with van der Waals surface area (Å²) < 4.78 is 24.0. The van der Waals surface area contributed by atoms with Crippen molar-refractivity contribution in [1.29, 1.82) is 0 Å². The lowest BCUT2D eigenvalue weighted by Crippen LogP contribution is -2.56. The van der Waals surface area contributed by atoms with Gasteiger partial charge in [0.25, 0.3) is 5.91 Å². The van der Waals surface area contributed by atoms with Gasteiger partial charge in [-0.3, -0.25) is 4.79 Å². The number of hydrogen-bond acceptors (Lipinski definition) is 2. The molecule has 0 radical (unpaired) electrons. The predicted octanol–water partition coefficient (Wildman–Crippen LogP) is 0.754. The SMILES string of the molecule is CC1CCNC(C)C1NC(=O)C(F)F. The van der Waals surface area contributed by atoms with Crippen LogP contribution in [0.15, 0.2) is 0 Å². The van der Waals surface area contributed by atoms with Crippen LogP contribution in [0.3, 0.4) is 0 Å². The number of piperidine rings is 1. The van der Waals surface area contributed by atoms with Crippen LogP contribution >= 0.6 is 0 Å². The summed E-state index contributed by atoms with van der Waals surface area (Å²) in [7, 11) is 0. The maximum atomic E-state index is 12.0. The monoisotopic (exact) mass is 206 g/mol. The summed E-state index contributed by atoms with van der Waals surface area (Å²) in [5.74, 6) is -0.925. The average Bonchev–Trinajstić information content (AvgIpc) is 2.11. The number of carbonyl (C=O) groups is 1. The molecular weight excluding hydrogens is 190 g/mol. The van der Waals surface area contributed by atoms with Gasteiger partial charge in [-0.15, -0.1) is 0 Å². The van der Waals surface area contributed by atoms with Crippen molar-refractivity contribution in [2.45, 2.75) is 38.8 Å². The predicted molar refractivity (Wildman–Crippen MR) is 49.2 cm³/mol. The van der Waals surface area contributed by atoms with Crippen molar-refractivity contribution in [3.05, 3.63) is 0 Å². The van der Waals surface area contributed by atoms with E-state index in [1.54, 1.807) is 0 Å². The first-order chi connectivity index (χ1) is 6.52. The summed E-state index contributed by atoms with van der Waals surface area (Å²) in [6, 6.07) is -0.133. The second kappa shape index (κ2) is 4.68. The van der Waals surface area contributed by atoms with Crippen LogP contribution in [-0.4, -0.2) is 31.0 Å². The van der Waals surface area contributed by atoms with Gasteiger partial charge in [0, 0.05) is 12.1 Å². The Hall–Kier alpha value is -0.710. The minimum Gasteiger partial charge on any atom is -0.347 e. The van der Waals surface area contributed by atoms with Crippen molar-refractivity contribution in [2.75, 3.05) is 6.54 Å². The Labute approximate surface area is 82.2 Å². The van der Waals surface area contributed by atoms with Gasteiger partial charge in [-0.05, 0) is 25.8 Å². The van der Waals surface area contributed by atoms with E-state index in [0.717, 1.165) is 13.0 Å². The molecule has 0 spiro atoms. The van der Waals surface area contributed by atoms with Crippen molar-refractivity contribution in [3.8, 4) is 0 Å². The first kappa shape index (κ1) is 11.4.